The number of tetrazole rings is 1. The lowest BCUT2D eigenvalue weighted by Gasteiger charge is -2.09. The molecule has 4 aromatic rings. The predicted octanol–water partition coefficient (Wildman–Crippen LogP) is 3.61. The fourth-order valence-electron chi connectivity index (χ4n) is 2.75. The van der Waals surface area contributed by atoms with E-state index in [1.165, 1.54) is 4.88 Å². The molecule has 3 aromatic heterocycles. The summed E-state index contributed by atoms with van der Waals surface area (Å²) in [5.74, 6) is 2.43. The Morgan fingerprint density at radius 2 is 1.89 bits per heavy atom. The van der Waals surface area contributed by atoms with Crippen LogP contribution >= 0.6 is 23.1 Å². The molecule has 1 aromatic carbocycles. The number of thioether (sulfide) groups is 1. The summed E-state index contributed by atoms with van der Waals surface area (Å²) < 4.78 is 3.97. The Kier molecular flexibility index (Phi) is 5.59. The van der Waals surface area contributed by atoms with Crippen LogP contribution < -0.4 is 0 Å². The minimum atomic E-state index is 0.650. The molecule has 3 heterocycles. The summed E-state index contributed by atoms with van der Waals surface area (Å²) in [4.78, 5) is 1.27. The molecular formula is C18H19N7S2. The van der Waals surface area contributed by atoms with Crippen molar-refractivity contribution in [1.29, 1.82) is 0 Å². The zero-order valence-corrected chi connectivity index (χ0v) is 16.5. The van der Waals surface area contributed by atoms with E-state index >= 15 is 0 Å². The number of nitrogens with zero attached hydrogens (tertiary/aromatic N) is 7. The molecule has 0 unspecified atom stereocenters. The molecular weight excluding hydrogens is 378 g/mol. The van der Waals surface area contributed by atoms with E-state index in [9.17, 15) is 0 Å². The van der Waals surface area contributed by atoms with Crippen molar-refractivity contribution in [3.8, 4) is 5.69 Å². The molecule has 7 nitrogen and oxygen atoms in total. The average Bonchev–Trinajstić information content (AvgIpc) is 3.43. The van der Waals surface area contributed by atoms with Crippen LogP contribution in [-0.2, 0) is 18.7 Å². The highest BCUT2D eigenvalue weighted by atomic mass is 32.2. The number of benzene rings is 1. The Morgan fingerprint density at radius 3 is 2.67 bits per heavy atom. The van der Waals surface area contributed by atoms with Gasteiger partial charge in [-0.25, -0.2) is 4.68 Å². The summed E-state index contributed by atoms with van der Waals surface area (Å²) in [6.07, 6.45) is 1.75. The fraction of sp³-hybridized carbons (Fsp3) is 0.278. The maximum atomic E-state index is 4.47. The number of hydrogen-bond donors (Lipinski definition) is 0. The lowest BCUT2D eigenvalue weighted by Crippen LogP contribution is -2.06. The fourth-order valence-corrected chi connectivity index (χ4v) is 4.36. The molecule has 0 saturated heterocycles. The SMILES string of the molecule is CCCn1nnnc1CSc1nnc(Cc2cccs2)n1-c1ccccc1. The van der Waals surface area contributed by atoms with E-state index in [-0.39, 0.29) is 0 Å². The number of aromatic nitrogens is 7. The van der Waals surface area contributed by atoms with Crippen molar-refractivity contribution < 1.29 is 0 Å². The second kappa shape index (κ2) is 8.45. The maximum absolute atomic E-state index is 4.47. The molecule has 0 aliphatic carbocycles. The number of thiophene rings is 1. The molecule has 0 aliphatic heterocycles. The molecule has 4 rings (SSSR count). The van der Waals surface area contributed by atoms with Crippen LogP contribution in [0.25, 0.3) is 5.69 Å². The summed E-state index contributed by atoms with van der Waals surface area (Å²) >= 11 is 3.33. The lowest BCUT2D eigenvalue weighted by atomic mass is 10.3. The predicted molar refractivity (Wildman–Crippen MR) is 106 cm³/mol. The van der Waals surface area contributed by atoms with Gasteiger partial charge in [0.2, 0.25) is 0 Å². The molecule has 27 heavy (non-hydrogen) atoms. The number of para-hydroxylation sites is 1. The highest BCUT2D eigenvalue weighted by Gasteiger charge is 2.16. The van der Waals surface area contributed by atoms with Crippen molar-refractivity contribution in [2.24, 2.45) is 0 Å². The van der Waals surface area contributed by atoms with Crippen LogP contribution in [0.5, 0.6) is 0 Å². The van der Waals surface area contributed by atoms with Gasteiger partial charge in [0.1, 0.15) is 5.82 Å². The molecule has 0 bridgehead atoms. The van der Waals surface area contributed by atoms with Gasteiger partial charge in [-0.05, 0) is 40.4 Å². The second-order valence-electron chi connectivity index (χ2n) is 5.93. The maximum Gasteiger partial charge on any atom is 0.196 e. The van der Waals surface area contributed by atoms with E-state index in [0.717, 1.165) is 41.9 Å². The first-order chi connectivity index (χ1) is 13.3. The minimum absolute atomic E-state index is 0.650. The van der Waals surface area contributed by atoms with Crippen LogP contribution in [0.1, 0.15) is 29.9 Å². The van der Waals surface area contributed by atoms with Gasteiger partial charge in [0, 0.05) is 23.5 Å². The Labute approximate surface area is 165 Å². The summed E-state index contributed by atoms with van der Waals surface area (Å²) in [5, 5.41) is 23.8. The molecule has 0 fully saturated rings. The van der Waals surface area contributed by atoms with Gasteiger partial charge in [0.25, 0.3) is 0 Å². The lowest BCUT2D eigenvalue weighted by molar-refractivity contribution is 0.564. The van der Waals surface area contributed by atoms with E-state index in [0.29, 0.717) is 5.75 Å². The van der Waals surface area contributed by atoms with E-state index in [1.807, 2.05) is 22.9 Å². The molecule has 0 amide bonds. The zero-order valence-electron chi connectivity index (χ0n) is 14.9. The molecule has 9 heteroatoms. The molecule has 0 spiro atoms. The minimum Gasteiger partial charge on any atom is -0.274 e. The van der Waals surface area contributed by atoms with Gasteiger partial charge in [-0.3, -0.25) is 4.57 Å². The van der Waals surface area contributed by atoms with Crippen LogP contribution in [-0.4, -0.2) is 35.0 Å². The summed E-state index contributed by atoms with van der Waals surface area (Å²) in [6, 6.07) is 14.4. The number of aryl methyl sites for hydroxylation is 1. The Bertz CT molecular complexity index is 977. The topological polar surface area (TPSA) is 74.3 Å². The summed E-state index contributed by atoms with van der Waals surface area (Å²) in [5.41, 5.74) is 1.06. The van der Waals surface area contributed by atoms with Crippen LogP contribution in [0.4, 0.5) is 0 Å². The number of rotatable bonds is 8. The smallest absolute Gasteiger partial charge is 0.196 e. The Balaban J connectivity index is 1.62. The van der Waals surface area contributed by atoms with Crippen molar-refractivity contribution in [1.82, 2.24) is 35.0 Å². The van der Waals surface area contributed by atoms with E-state index in [1.54, 1.807) is 23.1 Å². The molecule has 0 radical (unpaired) electrons. The summed E-state index contributed by atoms with van der Waals surface area (Å²) in [7, 11) is 0. The zero-order chi connectivity index (χ0) is 18.5. The van der Waals surface area contributed by atoms with Crippen LogP contribution in [0.15, 0.2) is 53.0 Å². The molecule has 0 saturated carbocycles. The van der Waals surface area contributed by atoms with Crippen molar-refractivity contribution >= 4 is 23.1 Å². The first-order valence-corrected chi connectivity index (χ1v) is 10.6. The average molecular weight is 398 g/mol. The monoisotopic (exact) mass is 397 g/mol. The van der Waals surface area contributed by atoms with Crippen LogP contribution in [0.3, 0.4) is 0 Å². The van der Waals surface area contributed by atoms with E-state index in [4.69, 9.17) is 0 Å². The van der Waals surface area contributed by atoms with Gasteiger partial charge < -0.3 is 0 Å². The third-order valence-corrected chi connectivity index (χ3v) is 5.80. The highest BCUT2D eigenvalue weighted by Crippen LogP contribution is 2.26. The second-order valence-corrected chi connectivity index (χ2v) is 7.91. The molecule has 138 valence electrons. The van der Waals surface area contributed by atoms with E-state index < -0.39 is 0 Å². The van der Waals surface area contributed by atoms with Crippen LogP contribution in [0, 0.1) is 0 Å². The first kappa shape index (κ1) is 17.9. The molecule has 0 N–H and O–H groups in total. The first-order valence-electron chi connectivity index (χ1n) is 8.75. The summed E-state index contributed by atoms with van der Waals surface area (Å²) in [6.45, 7) is 2.93. The van der Waals surface area contributed by atoms with Crippen molar-refractivity contribution in [2.45, 2.75) is 37.2 Å². The van der Waals surface area contributed by atoms with E-state index in [2.05, 4.69) is 66.9 Å². The van der Waals surface area contributed by atoms with Gasteiger partial charge in [0.15, 0.2) is 11.0 Å². The highest BCUT2D eigenvalue weighted by molar-refractivity contribution is 7.98. The van der Waals surface area contributed by atoms with Crippen molar-refractivity contribution in [3.63, 3.8) is 0 Å². The third kappa shape index (κ3) is 4.09. The largest absolute Gasteiger partial charge is 0.274 e. The van der Waals surface area contributed by atoms with Gasteiger partial charge in [-0.15, -0.1) is 26.6 Å². The van der Waals surface area contributed by atoms with Crippen molar-refractivity contribution in [2.75, 3.05) is 0 Å². The normalized spacial score (nSPS) is 11.1. The number of hydrogen-bond acceptors (Lipinski definition) is 7. The Morgan fingerprint density at radius 1 is 1.00 bits per heavy atom. The molecule has 0 aliphatic rings. The van der Waals surface area contributed by atoms with Gasteiger partial charge in [0.05, 0.1) is 5.75 Å². The van der Waals surface area contributed by atoms with Gasteiger partial charge >= 0.3 is 0 Å². The van der Waals surface area contributed by atoms with Gasteiger partial charge in [-0.1, -0.05) is 43.0 Å². The Hall–Kier alpha value is -2.52. The van der Waals surface area contributed by atoms with Crippen LogP contribution in [0.2, 0.25) is 0 Å². The standard InChI is InChI=1S/C18H19N7S2/c1-2-10-24-17(20-22-23-24)13-27-18-21-19-16(12-15-9-6-11-26-15)25(18)14-7-4-3-5-8-14/h3-9,11H,2,10,12-13H2,1H3. The third-order valence-electron chi connectivity index (χ3n) is 4.00. The van der Waals surface area contributed by atoms with Crippen molar-refractivity contribution in [3.05, 3.63) is 64.4 Å². The van der Waals surface area contributed by atoms with Gasteiger partial charge in [-0.2, -0.15) is 0 Å². The molecule has 0 atom stereocenters. The quantitative estimate of drug-likeness (QED) is 0.423.